The standard InChI is InChI=1S/C15H22N2O2.ClH/c16-13-8-6-12(7-9-13)15(19)17-10-14(18)11-4-2-1-3-5-11;/h6-9,11,14,18H,1-5,10,16H2,(H,17,19);1H. The molecule has 0 radical (unpaired) electrons. The molecule has 0 bridgehead atoms. The van der Waals surface area contributed by atoms with Gasteiger partial charge in [-0.1, -0.05) is 19.3 Å². The summed E-state index contributed by atoms with van der Waals surface area (Å²) in [5, 5.41) is 12.9. The highest BCUT2D eigenvalue weighted by Gasteiger charge is 2.22. The number of benzene rings is 1. The van der Waals surface area contributed by atoms with E-state index in [-0.39, 0.29) is 18.3 Å². The van der Waals surface area contributed by atoms with Gasteiger partial charge in [0.05, 0.1) is 6.10 Å². The van der Waals surface area contributed by atoms with Gasteiger partial charge in [-0.25, -0.2) is 0 Å². The summed E-state index contributed by atoms with van der Waals surface area (Å²) in [6.07, 6.45) is 5.35. The van der Waals surface area contributed by atoms with Gasteiger partial charge in [-0.2, -0.15) is 0 Å². The molecule has 0 spiro atoms. The largest absolute Gasteiger partial charge is 0.399 e. The number of aliphatic hydroxyl groups is 1. The van der Waals surface area contributed by atoms with Crippen molar-refractivity contribution in [3.8, 4) is 0 Å². The molecule has 0 aromatic heterocycles. The van der Waals surface area contributed by atoms with Gasteiger partial charge in [-0.15, -0.1) is 12.4 Å². The SMILES string of the molecule is Cl.Nc1ccc(C(=O)NCC(O)C2CCCCC2)cc1. The Morgan fingerprint density at radius 2 is 1.85 bits per heavy atom. The highest BCUT2D eigenvalue weighted by Crippen LogP contribution is 2.26. The number of rotatable bonds is 4. The van der Waals surface area contributed by atoms with Gasteiger partial charge in [-0.05, 0) is 43.0 Å². The Hall–Kier alpha value is -1.26. The van der Waals surface area contributed by atoms with E-state index in [9.17, 15) is 9.90 Å². The number of anilines is 1. The highest BCUT2D eigenvalue weighted by molar-refractivity contribution is 5.94. The van der Waals surface area contributed by atoms with Gasteiger partial charge >= 0.3 is 0 Å². The zero-order valence-corrected chi connectivity index (χ0v) is 12.4. The summed E-state index contributed by atoms with van der Waals surface area (Å²) in [7, 11) is 0. The summed E-state index contributed by atoms with van der Waals surface area (Å²) in [6.45, 7) is 0.327. The normalized spacial score (nSPS) is 17.1. The molecule has 20 heavy (non-hydrogen) atoms. The monoisotopic (exact) mass is 298 g/mol. The fraction of sp³-hybridized carbons (Fsp3) is 0.533. The second-order valence-electron chi connectivity index (χ2n) is 5.30. The number of amides is 1. The van der Waals surface area contributed by atoms with Crippen LogP contribution in [0.15, 0.2) is 24.3 Å². The Morgan fingerprint density at radius 3 is 2.45 bits per heavy atom. The van der Waals surface area contributed by atoms with Crippen molar-refractivity contribution in [2.75, 3.05) is 12.3 Å². The van der Waals surface area contributed by atoms with Gasteiger partial charge in [-0.3, -0.25) is 4.79 Å². The zero-order chi connectivity index (χ0) is 13.7. The Labute approximate surface area is 126 Å². The molecule has 4 nitrogen and oxygen atoms in total. The van der Waals surface area contributed by atoms with Crippen LogP contribution in [0, 0.1) is 5.92 Å². The van der Waals surface area contributed by atoms with Gasteiger partial charge < -0.3 is 16.2 Å². The van der Waals surface area contributed by atoms with E-state index >= 15 is 0 Å². The van der Waals surface area contributed by atoms with E-state index in [1.54, 1.807) is 24.3 Å². The third-order valence-electron chi connectivity index (χ3n) is 3.84. The van der Waals surface area contributed by atoms with E-state index in [0.29, 0.717) is 23.7 Å². The second-order valence-corrected chi connectivity index (χ2v) is 5.30. The first-order valence-electron chi connectivity index (χ1n) is 6.98. The molecule has 2 rings (SSSR count). The molecule has 1 unspecified atom stereocenters. The number of nitrogens with two attached hydrogens (primary N) is 1. The van der Waals surface area contributed by atoms with Crippen LogP contribution in [0.1, 0.15) is 42.5 Å². The van der Waals surface area contributed by atoms with Crippen molar-refractivity contribution in [2.45, 2.75) is 38.2 Å². The van der Waals surface area contributed by atoms with Gasteiger partial charge in [0.15, 0.2) is 0 Å². The van der Waals surface area contributed by atoms with E-state index in [4.69, 9.17) is 5.73 Å². The fourth-order valence-corrected chi connectivity index (χ4v) is 2.62. The van der Waals surface area contributed by atoms with Crippen LogP contribution in [0.5, 0.6) is 0 Å². The number of halogens is 1. The molecule has 1 amide bonds. The Morgan fingerprint density at radius 1 is 1.25 bits per heavy atom. The van der Waals surface area contributed by atoms with E-state index in [2.05, 4.69) is 5.32 Å². The summed E-state index contributed by atoms with van der Waals surface area (Å²) in [6, 6.07) is 6.79. The predicted octanol–water partition coefficient (Wildman–Crippen LogP) is 2.36. The number of carbonyl (C=O) groups is 1. The van der Waals surface area contributed by atoms with Crippen LogP contribution in [0.3, 0.4) is 0 Å². The average molecular weight is 299 g/mol. The molecule has 1 saturated carbocycles. The van der Waals surface area contributed by atoms with Crippen molar-refractivity contribution in [3.05, 3.63) is 29.8 Å². The summed E-state index contributed by atoms with van der Waals surface area (Å²) in [4.78, 5) is 11.9. The number of hydrogen-bond acceptors (Lipinski definition) is 3. The van der Waals surface area contributed by atoms with Crippen molar-refractivity contribution in [1.29, 1.82) is 0 Å². The molecule has 4 N–H and O–H groups in total. The third-order valence-corrected chi connectivity index (χ3v) is 3.84. The zero-order valence-electron chi connectivity index (χ0n) is 11.5. The lowest BCUT2D eigenvalue weighted by atomic mass is 9.85. The lowest BCUT2D eigenvalue weighted by Crippen LogP contribution is -2.37. The van der Waals surface area contributed by atoms with E-state index in [1.165, 1.54) is 19.3 Å². The molecule has 0 heterocycles. The smallest absolute Gasteiger partial charge is 0.251 e. The quantitative estimate of drug-likeness (QED) is 0.747. The van der Waals surface area contributed by atoms with Crippen LogP contribution in [-0.2, 0) is 0 Å². The topological polar surface area (TPSA) is 75.4 Å². The van der Waals surface area contributed by atoms with Crippen LogP contribution < -0.4 is 11.1 Å². The van der Waals surface area contributed by atoms with Crippen LogP contribution >= 0.6 is 12.4 Å². The highest BCUT2D eigenvalue weighted by atomic mass is 35.5. The van der Waals surface area contributed by atoms with Crippen molar-refractivity contribution in [2.24, 2.45) is 5.92 Å². The maximum absolute atomic E-state index is 11.9. The molecular weight excluding hydrogens is 276 g/mol. The lowest BCUT2D eigenvalue weighted by Gasteiger charge is -2.26. The van der Waals surface area contributed by atoms with Crippen LogP contribution in [-0.4, -0.2) is 23.7 Å². The van der Waals surface area contributed by atoms with Gasteiger partial charge in [0.25, 0.3) is 5.91 Å². The average Bonchev–Trinajstić information content (AvgIpc) is 2.46. The molecule has 1 aliphatic rings. The molecule has 1 aromatic carbocycles. The number of aliphatic hydroxyl groups excluding tert-OH is 1. The minimum absolute atomic E-state index is 0. The number of nitrogen functional groups attached to an aromatic ring is 1. The summed E-state index contributed by atoms with van der Waals surface area (Å²) in [5.74, 6) is 0.176. The van der Waals surface area contributed by atoms with Crippen molar-refractivity contribution < 1.29 is 9.90 Å². The van der Waals surface area contributed by atoms with Crippen LogP contribution in [0.2, 0.25) is 0 Å². The first-order chi connectivity index (χ1) is 9.16. The predicted molar refractivity (Wildman–Crippen MR) is 83.0 cm³/mol. The van der Waals surface area contributed by atoms with E-state index in [1.807, 2.05) is 0 Å². The van der Waals surface area contributed by atoms with E-state index in [0.717, 1.165) is 12.8 Å². The molecule has 0 saturated heterocycles. The Kier molecular flexibility index (Phi) is 6.82. The number of hydrogen-bond donors (Lipinski definition) is 3. The first-order valence-corrected chi connectivity index (χ1v) is 6.98. The van der Waals surface area contributed by atoms with Crippen molar-refractivity contribution >= 4 is 24.0 Å². The molecule has 5 heteroatoms. The Balaban J connectivity index is 0.00000200. The molecule has 112 valence electrons. The van der Waals surface area contributed by atoms with Gasteiger partial charge in [0.2, 0.25) is 0 Å². The lowest BCUT2D eigenvalue weighted by molar-refractivity contribution is 0.0738. The number of carbonyl (C=O) groups excluding carboxylic acids is 1. The fourth-order valence-electron chi connectivity index (χ4n) is 2.62. The summed E-state index contributed by atoms with van der Waals surface area (Å²) >= 11 is 0. The molecule has 1 atom stereocenters. The molecule has 0 aliphatic heterocycles. The second kappa shape index (κ2) is 8.12. The minimum atomic E-state index is -0.432. The molecule has 1 aliphatic carbocycles. The van der Waals surface area contributed by atoms with Crippen LogP contribution in [0.4, 0.5) is 5.69 Å². The number of nitrogens with one attached hydrogen (secondary N) is 1. The minimum Gasteiger partial charge on any atom is -0.399 e. The van der Waals surface area contributed by atoms with Crippen molar-refractivity contribution in [1.82, 2.24) is 5.32 Å². The van der Waals surface area contributed by atoms with Crippen LogP contribution in [0.25, 0.3) is 0 Å². The maximum Gasteiger partial charge on any atom is 0.251 e. The van der Waals surface area contributed by atoms with E-state index < -0.39 is 6.10 Å². The molecule has 1 fully saturated rings. The Bertz CT molecular complexity index is 416. The summed E-state index contributed by atoms with van der Waals surface area (Å²) in [5.41, 5.74) is 6.79. The maximum atomic E-state index is 11.9. The van der Waals surface area contributed by atoms with Crippen molar-refractivity contribution in [3.63, 3.8) is 0 Å². The molecule has 1 aromatic rings. The van der Waals surface area contributed by atoms with Gasteiger partial charge in [0, 0.05) is 17.8 Å². The first kappa shape index (κ1) is 16.8. The third kappa shape index (κ3) is 4.69. The molecular formula is C15H23ClN2O2. The summed E-state index contributed by atoms with van der Waals surface area (Å²) < 4.78 is 0. The van der Waals surface area contributed by atoms with Gasteiger partial charge in [0.1, 0.15) is 0 Å².